The zero-order valence-corrected chi connectivity index (χ0v) is 8.13. The molecule has 3 N–H and O–H groups in total. The van der Waals surface area contributed by atoms with Crippen molar-refractivity contribution in [1.29, 1.82) is 0 Å². The maximum absolute atomic E-state index is 12.9. The van der Waals surface area contributed by atoms with E-state index in [0.29, 0.717) is 0 Å². The number of carboxylic acid groups (broad SMARTS) is 1. The second-order valence-electron chi connectivity index (χ2n) is 3.62. The lowest BCUT2D eigenvalue weighted by Crippen LogP contribution is -2.35. The van der Waals surface area contributed by atoms with Crippen molar-refractivity contribution < 1.29 is 18.7 Å². The van der Waals surface area contributed by atoms with Gasteiger partial charge >= 0.3 is 5.97 Å². The Hall–Kier alpha value is -1.49. The van der Waals surface area contributed by atoms with Crippen molar-refractivity contribution in [3.63, 3.8) is 0 Å². The molecule has 0 aromatic heterocycles. The van der Waals surface area contributed by atoms with E-state index >= 15 is 0 Å². The Morgan fingerprint density at radius 3 is 2.53 bits per heavy atom. The molecule has 0 heterocycles. The normalized spacial score (nSPS) is 14.7. The minimum absolute atomic E-state index is 0.254. The molecule has 5 heteroatoms. The molecule has 0 saturated heterocycles. The Bertz CT molecular complexity index is 391. The van der Waals surface area contributed by atoms with Crippen molar-refractivity contribution in [2.45, 2.75) is 18.9 Å². The van der Waals surface area contributed by atoms with Crippen molar-refractivity contribution in [2.75, 3.05) is 0 Å². The van der Waals surface area contributed by atoms with Gasteiger partial charge in [-0.2, -0.15) is 0 Å². The summed E-state index contributed by atoms with van der Waals surface area (Å²) in [5.74, 6) is -3.11. The Balaban J connectivity index is 3.04. The van der Waals surface area contributed by atoms with Gasteiger partial charge in [0.15, 0.2) is 11.6 Å². The molecule has 0 saturated carbocycles. The minimum atomic E-state index is -1.21. The van der Waals surface area contributed by atoms with Crippen LogP contribution in [0.3, 0.4) is 0 Å². The van der Waals surface area contributed by atoms with Crippen molar-refractivity contribution >= 4 is 5.97 Å². The van der Waals surface area contributed by atoms with Gasteiger partial charge in [-0.25, -0.2) is 8.78 Å². The SMILES string of the molecule is C[C@@](N)(CC(=O)O)c1ccc(F)c(F)c1. The Labute approximate surface area is 85.5 Å². The average molecular weight is 215 g/mol. The fraction of sp³-hybridized carbons (Fsp3) is 0.300. The fourth-order valence-electron chi connectivity index (χ4n) is 1.27. The molecular weight excluding hydrogens is 204 g/mol. The summed E-state index contributed by atoms with van der Waals surface area (Å²) >= 11 is 0. The number of halogens is 2. The van der Waals surface area contributed by atoms with Gasteiger partial charge in [0.25, 0.3) is 0 Å². The summed E-state index contributed by atoms with van der Waals surface area (Å²) in [5, 5.41) is 8.59. The molecule has 1 rings (SSSR count). The quantitative estimate of drug-likeness (QED) is 0.805. The lowest BCUT2D eigenvalue weighted by Gasteiger charge is -2.23. The highest BCUT2D eigenvalue weighted by Gasteiger charge is 2.25. The predicted molar refractivity (Wildman–Crippen MR) is 50.2 cm³/mol. The van der Waals surface area contributed by atoms with Gasteiger partial charge in [0.2, 0.25) is 0 Å². The average Bonchev–Trinajstić information content (AvgIpc) is 2.07. The zero-order valence-electron chi connectivity index (χ0n) is 8.13. The summed E-state index contributed by atoms with van der Waals surface area (Å²) in [4.78, 5) is 10.5. The largest absolute Gasteiger partial charge is 0.481 e. The van der Waals surface area contributed by atoms with Crippen molar-refractivity contribution in [3.05, 3.63) is 35.4 Å². The lowest BCUT2D eigenvalue weighted by atomic mass is 9.90. The standard InChI is InChI=1S/C10H11F2NO2/c1-10(13,5-9(14)15)6-2-3-7(11)8(12)4-6/h2-4H,5,13H2,1H3,(H,14,15)/t10-/m1/s1. The smallest absolute Gasteiger partial charge is 0.305 e. The van der Waals surface area contributed by atoms with E-state index in [4.69, 9.17) is 10.8 Å². The third-order valence-electron chi connectivity index (χ3n) is 2.10. The van der Waals surface area contributed by atoms with E-state index in [9.17, 15) is 13.6 Å². The van der Waals surface area contributed by atoms with E-state index in [0.717, 1.165) is 12.1 Å². The Morgan fingerprint density at radius 2 is 2.07 bits per heavy atom. The van der Waals surface area contributed by atoms with Gasteiger partial charge in [0, 0.05) is 5.54 Å². The molecule has 3 nitrogen and oxygen atoms in total. The van der Waals surface area contributed by atoms with E-state index in [1.54, 1.807) is 0 Å². The van der Waals surface area contributed by atoms with Crippen LogP contribution in [0.4, 0.5) is 8.78 Å². The van der Waals surface area contributed by atoms with Gasteiger partial charge in [-0.05, 0) is 24.6 Å². The molecule has 0 aliphatic heterocycles. The molecule has 1 aromatic rings. The summed E-state index contributed by atoms with van der Waals surface area (Å²) < 4.78 is 25.5. The highest BCUT2D eigenvalue weighted by molar-refractivity contribution is 5.68. The highest BCUT2D eigenvalue weighted by Crippen LogP contribution is 2.23. The van der Waals surface area contributed by atoms with Crippen molar-refractivity contribution in [2.24, 2.45) is 5.73 Å². The van der Waals surface area contributed by atoms with E-state index in [-0.39, 0.29) is 12.0 Å². The molecule has 0 radical (unpaired) electrons. The van der Waals surface area contributed by atoms with Crippen LogP contribution < -0.4 is 5.73 Å². The molecule has 0 aliphatic rings. The Kier molecular flexibility index (Phi) is 3.04. The van der Waals surface area contributed by atoms with Crippen LogP contribution in [0.25, 0.3) is 0 Å². The van der Waals surface area contributed by atoms with Crippen LogP contribution in [0.1, 0.15) is 18.9 Å². The van der Waals surface area contributed by atoms with Gasteiger partial charge in [-0.1, -0.05) is 6.07 Å². The van der Waals surface area contributed by atoms with E-state index in [1.165, 1.54) is 13.0 Å². The third kappa shape index (κ3) is 2.73. The first kappa shape index (κ1) is 11.6. The van der Waals surface area contributed by atoms with E-state index < -0.39 is 23.1 Å². The van der Waals surface area contributed by atoms with Gasteiger partial charge in [-0.15, -0.1) is 0 Å². The first-order valence-electron chi connectivity index (χ1n) is 4.29. The maximum Gasteiger partial charge on any atom is 0.305 e. The molecule has 1 atom stereocenters. The minimum Gasteiger partial charge on any atom is -0.481 e. The van der Waals surface area contributed by atoms with Crippen LogP contribution in [0.15, 0.2) is 18.2 Å². The first-order chi connectivity index (χ1) is 6.83. The number of rotatable bonds is 3. The van der Waals surface area contributed by atoms with Crippen molar-refractivity contribution in [1.82, 2.24) is 0 Å². The van der Waals surface area contributed by atoms with Crippen LogP contribution in [-0.4, -0.2) is 11.1 Å². The van der Waals surface area contributed by atoms with Gasteiger partial charge < -0.3 is 10.8 Å². The maximum atomic E-state index is 12.9. The molecule has 0 fully saturated rings. The molecular formula is C10H11F2NO2. The topological polar surface area (TPSA) is 63.3 Å². The lowest BCUT2D eigenvalue weighted by molar-refractivity contribution is -0.138. The monoisotopic (exact) mass is 215 g/mol. The molecule has 0 amide bonds. The van der Waals surface area contributed by atoms with Crippen LogP contribution in [0, 0.1) is 11.6 Å². The summed E-state index contributed by atoms with van der Waals surface area (Å²) in [6.07, 6.45) is -0.349. The molecule has 15 heavy (non-hydrogen) atoms. The number of hydrogen-bond donors (Lipinski definition) is 2. The number of hydrogen-bond acceptors (Lipinski definition) is 2. The van der Waals surface area contributed by atoms with Gasteiger partial charge in [-0.3, -0.25) is 4.79 Å². The molecule has 0 aliphatic carbocycles. The molecule has 0 bridgehead atoms. The first-order valence-corrected chi connectivity index (χ1v) is 4.29. The number of benzene rings is 1. The zero-order chi connectivity index (χ0) is 11.6. The number of carbonyl (C=O) groups is 1. The van der Waals surface area contributed by atoms with Crippen LogP contribution in [0.5, 0.6) is 0 Å². The van der Waals surface area contributed by atoms with Crippen LogP contribution >= 0.6 is 0 Å². The van der Waals surface area contributed by atoms with E-state index in [2.05, 4.69) is 0 Å². The second kappa shape index (κ2) is 3.94. The van der Waals surface area contributed by atoms with Crippen molar-refractivity contribution in [3.8, 4) is 0 Å². The number of nitrogens with two attached hydrogens (primary N) is 1. The Morgan fingerprint density at radius 1 is 1.47 bits per heavy atom. The second-order valence-corrected chi connectivity index (χ2v) is 3.62. The predicted octanol–water partition coefficient (Wildman–Crippen LogP) is 1.61. The molecule has 82 valence electrons. The summed E-state index contributed by atoms with van der Waals surface area (Å²) in [6.45, 7) is 1.45. The number of carboxylic acids is 1. The van der Waals surface area contributed by atoms with Crippen LogP contribution in [0.2, 0.25) is 0 Å². The third-order valence-corrected chi connectivity index (χ3v) is 2.10. The van der Waals surface area contributed by atoms with Gasteiger partial charge in [0.1, 0.15) is 0 Å². The van der Waals surface area contributed by atoms with Gasteiger partial charge in [0.05, 0.1) is 6.42 Å². The molecule has 0 spiro atoms. The summed E-state index contributed by atoms with van der Waals surface area (Å²) in [6, 6.07) is 3.12. The molecule has 0 unspecified atom stereocenters. The summed E-state index contributed by atoms with van der Waals surface area (Å²) in [7, 11) is 0. The molecule has 1 aromatic carbocycles. The van der Waals surface area contributed by atoms with Crippen LogP contribution in [-0.2, 0) is 10.3 Å². The number of aliphatic carboxylic acids is 1. The summed E-state index contributed by atoms with van der Waals surface area (Å²) in [5.41, 5.74) is 4.73. The van der Waals surface area contributed by atoms with E-state index in [1.807, 2.05) is 0 Å². The fourth-order valence-corrected chi connectivity index (χ4v) is 1.27. The highest BCUT2D eigenvalue weighted by atomic mass is 19.2.